The molecule has 0 aliphatic carbocycles. The minimum Gasteiger partial charge on any atom is -0.465 e. The molecule has 1 aliphatic rings. The van der Waals surface area contributed by atoms with Crippen LogP contribution in [-0.4, -0.2) is 52.2 Å². The summed E-state index contributed by atoms with van der Waals surface area (Å²) >= 11 is 0. The Morgan fingerprint density at radius 3 is 2.57 bits per heavy atom. The molecule has 3 heterocycles. The molecule has 3 aromatic rings. The van der Waals surface area contributed by atoms with Crippen LogP contribution in [0.25, 0.3) is 23.4 Å². The molecule has 0 saturated carbocycles. The number of aromatic nitrogens is 2. The molecule has 4 rings (SSSR count). The van der Waals surface area contributed by atoms with Crippen LogP contribution in [0, 0.1) is 11.3 Å². The zero-order chi connectivity index (χ0) is 20.9. The maximum Gasteiger partial charge on any atom is 0.407 e. The van der Waals surface area contributed by atoms with E-state index in [0.29, 0.717) is 31.7 Å². The number of hydrogen-bond acceptors (Lipinski definition) is 4. The number of piperazine rings is 1. The predicted molar refractivity (Wildman–Crippen MR) is 116 cm³/mol. The summed E-state index contributed by atoms with van der Waals surface area (Å²) in [6.07, 6.45) is 4.81. The molecule has 1 aliphatic heterocycles. The molecule has 0 unspecified atom stereocenters. The van der Waals surface area contributed by atoms with Crippen LogP contribution in [0.4, 0.5) is 10.6 Å². The lowest BCUT2D eigenvalue weighted by atomic mass is 10.1. The molecule has 150 valence electrons. The fourth-order valence-electron chi connectivity index (χ4n) is 3.51. The molecule has 0 bridgehead atoms. The molecular formula is C23H21N5O2. The molecule has 30 heavy (non-hydrogen) atoms. The second kappa shape index (κ2) is 8.53. The third-order valence-electron chi connectivity index (χ3n) is 5.12. The zero-order valence-corrected chi connectivity index (χ0v) is 16.3. The van der Waals surface area contributed by atoms with Crippen LogP contribution in [-0.2, 0) is 0 Å². The van der Waals surface area contributed by atoms with Gasteiger partial charge in [0.1, 0.15) is 11.9 Å². The Balaban J connectivity index is 1.56. The highest BCUT2D eigenvalue weighted by molar-refractivity contribution is 5.74. The summed E-state index contributed by atoms with van der Waals surface area (Å²) in [5, 5.41) is 18.7. The van der Waals surface area contributed by atoms with Gasteiger partial charge in [0.25, 0.3) is 0 Å². The van der Waals surface area contributed by atoms with Gasteiger partial charge in [-0.2, -0.15) is 5.26 Å². The first-order valence-corrected chi connectivity index (χ1v) is 9.69. The number of aromatic amines is 1. The predicted octanol–water partition coefficient (Wildman–Crippen LogP) is 3.92. The van der Waals surface area contributed by atoms with Crippen molar-refractivity contribution in [2.75, 3.05) is 31.1 Å². The monoisotopic (exact) mass is 399 g/mol. The Labute approximate surface area is 174 Å². The first kappa shape index (κ1) is 19.3. The van der Waals surface area contributed by atoms with E-state index in [0.717, 1.165) is 28.3 Å². The van der Waals surface area contributed by atoms with Crippen LogP contribution in [0.1, 0.15) is 16.8 Å². The molecule has 1 amide bonds. The van der Waals surface area contributed by atoms with E-state index in [9.17, 15) is 10.1 Å². The van der Waals surface area contributed by atoms with Gasteiger partial charge in [0.2, 0.25) is 0 Å². The van der Waals surface area contributed by atoms with Gasteiger partial charge in [-0.25, -0.2) is 4.79 Å². The van der Waals surface area contributed by atoms with Crippen molar-refractivity contribution in [1.29, 1.82) is 5.26 Å². The lowest BCUT2D eigenvalue weighted by molar-refractivity contribution is 0.142. The molecule has 1 saturated heterocycles. The summed E-state index contributed by atoms with van der Waals surface area (Å²) < 4.78 is 0. The normalized spacial score (nSPS) is 14.1. The Bertz CT molecular complexity index is 1110. The van der Waals surface area contributed by atoms with Crippen LogP contribution < -0.4 is 4.90 Å². The van der Waals surface area contributed by atoms with Gasteiger partial charge in [-0.15, -0.1) is 0 Å². The van der Waals surface area contributed by atoms with Crippen LogP contribution in [0.3, 0.4) is 0 Å². The van der Waals surface area contributed by atoms with Crippen LogP contribution in [0.15, 0.2) is 54.7 Å². The lowest BCUT2D eigenvalue weighted by Crippen LogP contribution is -2.48. The van der Waals surface area contributed by atoms with Gasteiger partial charge >= 0.3 is 6.09 Å². The van der Waals surface area contributed by atoms with Crippen molar-refractivity contribution in [1.82, 2.24) is 14.9 Å². The molecule has 1 aromatic carbocycles. The minimum absolute atomic E-state index is 0.415. The Hall–Kier alpha value is -4.05. The van der Waals surface area contributed by atoms with Gasteiger partial charge in [-0.3, -0.25) is 4.98 Å². The van der Waals surface area contributed by atoms with E-state index < -0.39 is 6.09 Å². The van der Waals surface area contributed by atoms with Crippen molar-refractivity contribution in [2.45, 2.75) is 0 Å². The fourth-order valence-corrected chi connectivity index (χ4v) is 3.51. The number of carbonyl (C=O) groups is 1. The zero-order valence-electron chi connectivity index (χ0n) is 16.3. The van der Waals surface area contributed by atoms with Gasteiger partial charge in [-0.1, -0.05) is 36.4 Å². The summed E-state index contributed by atoms with van der Waals surface area (Å²) in [6, 6.07) is 18.0. The Morgan fingerprint density at radius 2 is 1.87 bits per heavy atom. The topological polar surface area (TPSA) is 96.3 Å². The first-order chi connectivity index (χ1) is 14.6. The second-order valence-electron chi connectivity index (χ2n) is 7.03. The van der Waals surface area contributed by atoms with E-state index in [4.69, 9.17) is 5.11 Å². The van der Waals surface area contributed by atoms with E-state index >= 15 is 0 Å². The standard InChI is InChI=1S/C23H21N5O2/c24-16-19-15-21(26-22(19)27-10-12-28(13-11-27)23(29)30)18-8-9-25-20(14-18)7-6-17-4-2-1-3-5-17/h1-9,14-15,26H,10-13H2,(H,29,30)/b7-6+. The van der Waals surface area contributed by atoms with E-state index in [1.807, 2.05) is 65.6 Å². The number of rotatable bonds is 4. The molecule has 0 atom stereocenters. The van der Waals surface area contributed by atoms with Crippen LogP contribution in [0.5, 0.6) is 0 Å². The van der Waals surface area contributed by atoms with Crippen molar-refractivity contribution in [3.63, 3.8) is 0 Å². The van der Waals surface area contributed by atoms with E-state index in [1.54, 1.807) is 6.20 Å². The number of amides is 1. The maximum atomic E-state index is 11.1. The smallest absolute Gasteiger partial charge is 0.407 e. The largest absolute Gasteiger partial charge is 0.465 e. The summed E-state index contributed by atoms with van der Waals surface area (Å²) in [7, 11) is 0. The molecule has 0 radical (unpaired) electrons. The average Bonchev–Trinajstić information content (AvgIpc) is 3.23. The molecule has 2 N–H and O–H groups in total. The highest BCUT2D eigenvalue weighted by atomic mass is 16.4. The lowest BCUT2D eigenvalue weighted by Gasteiger charge is -2.33. The van der Waals surface area contributed by atoms with Crippen molar-refractivity contribution < 1.29 is 9.90 Å². The summed E-state index contributed by atoms with van der Waals surface area (Å²) in [6.45, 7) is 1.92. The third-order valence-corrected chi connectivity index (χ3v) is 5.12. The molecular weight excluding hydrogens is 378 g/mol. The number of nitrogens with zero attached hydrogens (tertiary/aromatic N) is 4. The van der Waals surface area contributed by atoms with E-state index in [-0.39, 0.29) is 0 Å². The highest BCUT2D eigenvalue weighted by Gasteiger charge is 2.23. The number of nitriles is 1. The Morgan fingerprint density at radius 1 is 1.10 bits per heavy atom. The highest BCUT2D eigenvalue weighted by Crippen LogP contribution is 2.28. The van der Waals surface area contributed by atoms with Crippen LogP contribution >= 0.6 is 0 Å². The van der Waals surface area contributed by atoms with Crippen molar-refractivity contribution in [3.8, 4) is 17.3 Å². The van der Waals surface area contributed by atoms with Gasteiger partial charge in [0.05, 0.1) is 11.3 Å². The van der Waals surface area contributed by atoms with E-state index in [2.05, 4.69) is 16.0 Å². The molecule has 0 spiro atoms. The van der Waals surface area contributed by atoms with Crippen molar-refractivity contribution >= 4 is 24.1 Å². The van der Waals surface area contributed by atoms with Gasteiger partial charge in [-0.05, 0) is 29.8 Å². The Kier molecular flexibility index (Phi) is 5.48. The van der Waals surface area contributed by atoms with Gasteiger partial charge in [0, 0.05) is 43.6 Å². The number of carboxylic acid groups (broad SMARTS) is 1. The molecule has 7 heteroatoms. The van der Waals surface area contributed by atoms with Crippen molar-refractivity contribution in [2.24, 2.45) is 0 Å². The van der Waals surface area contributed by atoms with Crippen molar-refractivity contribution in [3.05, 3.63) is 71.5 Å². The number of hydrogen-bond donors (Lipinski definition) is 2. The molecule has 1 fully saturated rings. The number of H-pyrrole nitrogens is 1. The minimum atomic E-state index is -0.907. The van der Waals surface area contributed by atoms with E-state index in [1.165, 1.54) is 4.90 Å². The van der Waals surface area contributed by atoms with Gasteiger partial charge < -0.3 is 19.9 Å². The SMILES string of the molecule is N#Cc1cc(-c2ccnc(/C=C/c3ccccc3)c2)[nH]c1N1CCN(C(=O)O)CC1. The average molecular weight is 399 g/mol. The third kappa shape index (κ3) is 4.18. The molecule has 2 aromatic heterocycles. The number of pyridine rings is 1. The van der Waals surface area contributed by atoms with Crippen LogP contribution in [0.2, 0.25) is 0 Å². The quantitative estimate of drug-likeness (QED) is 0.693. The number of benzene rings is 1. The summed E-state index contributed by atoms with van der Waals surface area (Å²) in [4.78, 5) is 22.3. The summed E-state index contributed by atoms with van der Waals surface area (Å²) in [5.74, 6) is 0.732. The number of anilines is 1. The number of nitrogens with one attached hydrogen (secondary N) is 1. The fraction of sp³-hybridized carbons (Fsp3) is 0.174. The molecule has 7 nitrogen and oxygen atoms in total. The maximum absolute atomic E-state index is 11.1. The summed E-state index contributed by atoms with van der Waals surface area (Å²) in [5.41, 5.74) is 4.23. The second-order valence-corrected chi connectivity index (χ2v) is 7.03. The van der Waals surface area contributed by atoms with Gasteiger partial charge in [0.15, 0.2) is 0 Å². The first-order valence-electron chi connectivity index (χ1n) is 9.69.